The summed E-state index contributed by atoms with van der Waals surface area (Å²) in [7, 11) is 0. The fourth-order valence-electron chi connectivity index (χ4n) is 2.31. The Labute approximate surface area is 139 Å². The number of halogens is 1. The van der Waals surface area contributed by atoms with Crippen LogP contribution in [-0.4, -0.2) is 12.6 Å². The van der Waals surface area contributed by atoms with E-state index in [0.717, 1.165) is 22.3 Å². The third-order valence-electron chi connectivity index (χ3n) is 3.50. The molecule has 3 rings (SSSR count). The number of fused-ring (bicyclic) bond motifs is 1. The molecule has 1 aromatic heterocycles. The van der Waals surface area contributed by atoms with Crippen molar-refractivity contribution in [1.82, 2.24) is 10.6 Å². The molecule has 118 valence electrons. The van der Waals surface area contributed by atoms with Crippen molar-refractivity contribution in [3.8, 4) is 0 Å². The first kappa shape index (κ1) is 15.4. The smallest absolute Gasteiger partial charge is 0.315 e. The second kappa shape index (κ2) is 7.20. The van der Waals surface area contributed by atoms with E-state index >= 15 is 0 Å². The molecule has 0 aliphatic rings. The third-order valence-corrected chi connectivity index (χ3v) is 3.75. The third kappa shape index (κ3) is 4.27. The minimum absolute atomic E-state index is 0.198. The Bertz CT molecular complexity index is 763. The molecule has 3 aromatic rings. The standard InChI is InChI=1S/C18H17ClN2O2/c19-15-7-5-13(6-8-15)12-21-18(22)20-10-9-16-11-14-3-1-2-4-17(14)23-16/h1-8,11H,9-10,12H2,(H2,20,21,22). The molecule has 0 saturated heterocycles. The highest BCUT2D eigenvalue weighted by Gasteiger charge is 2.04. The zero-order valence-corrected chi connectivity index (χ0v) is 13.3. The van der Waals surface area contributed by atoms with Crippen LogP contribution in [0.15, 0.2) is 59.0 Å². The lowest BCUT2D eigenvalue weighted by atomic mass is 10.2. The topological polar surface area (TPSA) is 54.3 Å². The van der Waals surface area contributed by atoms with Gasteiger partial charge in [-0.05, 0) is 29.8 Å². The van der Waals surface area contributed by atoms with Gasteiger partial charge in [-0.15, -0.1) is 0 Å². The molecule has 2 aromatic carbocycles. The zero-order chi connectivity index (χ0) is 16.1. The zero-order valence-electron chi connectivity index (χ0n) is 12.5. The Hall–Kier alpha value is -2.46. The fraction of sp³-hybridized carbons (Fsp3) is 0.167. The number of urea groups is 1. The molecule has 5 heteroatoms. The Morgan fingerprint density at radius 1 is 1.04 bits per heavy atom. The maximum Gasteiger partial charge on any atom is 0.315 e. The summed E-state index contributed by atoms with van der Waals surface area (Å²) in [5.74, 6) is 0.865. The van der Waals surface area contributed by atoms with Crippen LogP contribution in [0.1, 0.15) is 11.3 Å². The van der Waals surface area contributed by atoms with Gasteiger partial charge in [-0.1, -0.05) is 41.9 Å². The number of para-hydroxylation sites is 1. The van der Waals surface area contributed by atoms with Crippen LogP contribution in [0.2, 0.25) is 5.02 Å². The fourth-order valence-corrected chi connectivity index (χ4v) is 2.43. The largest absolute Gasteiger partial charge is 0.461 e. The van der Waals surface area contributed by atoms with E-state index in [0.29, 0.717) is 24.5 Å². The lowest BCUT2D eigenvalue weighted by Crippen LogP contribution is -2.36. The normalized spacial score (nSPS) is 10.7. The lowest BCUT2D eigenvalue weighted by Gasteiger charge is -2.07. The number of rotatable bonds is 5. The highest BCUT2D eigenvalue weighted by Crippen LogP contribution is 2.18. The summed E-state index contributed by atoms with van der Waals surface area (Å²) in [6, 6.07) is 17.0. The Balaban J connectivity index is 1.43. The van der Waals surface area contributed by atoms with Crippen LogP contribution in [0.4, 0.5) is 4.79 Å². The Morgan fingerprint density at radius 3 is 2.61 bits per heavy atom. The summed E-state index contributed by atoms with van der Waals surface area (Å²) in [6.45, 7) is 0.986. The summed E-state index contributed by atoms with van der Waals surface area (Å²) in [5.41, 5.74) is 1.87. The van der Waals surface area contributed by atoms with Gasteiger partial charge in [-0.3, -0.25) is 0 Å². The molecule has 2 N–H and O–H groups in total. The predicted octanol–water partition coefficient (Wildman–Crippen LogP) is 4.13. The Kier molecular flexibility index (Phi) is 4.83. The summed E-state index contributed by atoms with van der Waals surface area (Å²) in [5, 5.41) is 7.39. The van der Waals surface area contributed by atoms with Gasteiger partial charge in [-0.25, -0.2) is 4.79 Å². The minimum Gasteiger partial charge on any atom is -0.461 e. The van der Waals surface area contributed by atoms with Crippen molar-refractivity contribution in [3.63, 3.8) is 0 Å². The number of carbonyl (C=O) groups is 1. The van der Waals surface area contributed by atoms with Crippen LogP contribution in [0.3, 0.4) is 0 Å². The molecule has 1 heterocycles. The molecule has 0 saturated carbocycles. The van der Waals surface area contributed by atoms with Crippen LogP contribution in [-0.2, 0) is 13.0 Å². The molecular formula is C18H17ClN2O2. The van der Waals surface area contributed by atoms with E-state index in [1.165, 1.54) is 0 Å². The minimum atomic E-state index is -0.198. The van der Waals surface area contributed by atoms with Crippen molar-refractivity contribution < 1.29 is 9.21 Å². The number of hydrogen-bond acceptors (Lipinski definition) is 2. The molecule has 0 radical (unpaired) electrons. The van der Waals surface area contributed by atoms with Gasteiger partial charge in [0.1, 0.15) is 11.3 Å². The van der Waals surface area contributed by atoms with Gasteiger partial charge >= 0.3 is 6.03 Å². The quantitative estimate of drug-likeness (QED) is 0.740. The molecule has 0 spiro atoms. The van der Waals surface area contributed by atoms with Crippen LogP contribution >= 0.6 is 11.6 Å². The first-order valence-corrected chi connectivity index (χ1v) is 7.82. The van der Waals surface area contributed by atoms with Crippen LogP contribution < -0.4 is 10.6 Å². The molecule has 0 aliphatic heterocycles. The monoisotopic (exact) mass is 328 g/mol. The number of furan rings is 1. The predicted molar refractivity (Wildman–Crippen MR) is 91.6 cm³/mol. The van der Waals surface area contributed by atoms with Gasteiger partial charge in [-0.2, -0.15) is 0 Å². The van der Waals surface area contributed by atoms with E-state index in [2.05, 4.69) is 10.6 Å². The van der Waals surface area contributed by atoms with Gasteiger partial charge in [0.05, 0.1) is 0 Å². The number of nitrogens with one attached hydrogen (secondary N) is 2. The first-order valence-electron chi connectivity index (χ1n) is 7.44. The molecule has 0 bridgehead atoms. The summed E-state index contributed by atoms with van der Waals surface area (Å²) in [4.78, 5) is 11.8. The molecule has 0 fully saturated rings. The van der Waals surface area contributed by atoms with E-state index in [1.807, 2.05) is 42.5 Å². The van der Waals surface area contributed by atoms with Crippen molar-refractivity contribution in [3.05, 3.63) is 70.9 Å². The van der Waals surface area contributed by atoms with E-state index in [1.54, 1.807) is 12.1 Å². The number of amides is 2. The van der Waals surface area contributed by atoms with Gasteiger partial charge in [0, 0.05) is 29.9 Å². The van der Waals surface area contributed by atoms with E-state index in [4.69, 9.17) is 16.0 Å². The molecular weight excluding hydrogens is 312 g/mol. The summed E-state index contributed by atoms with van der Waals surface area (Å²) in [6.07, 6.45) is 0.656. The maximum absolute atomic E-state index is 11.8. The van der Waals surface area contributed by atoms with Gasteiger partial charge in [0.25, 0.3) is 0 Å². The highest BCUT2D eigenvalue weighted by molar-refractivity contribution is 6.30. The average Bonchev–Trinajstić information content (AvgIpc) is 2.97. The van der Waals surface area contributed by atoms with Crippen LogP contribution in [0, 0.1) is 0 Å². The molecule has 0 unspecified atom stereocenters. The number of benzene rings is 2. The molecule has 2 amide bonds. The first-order chi connectivity index (χ1) is 11.2. The SMILES string of the molecule is O=C(NCCc1cc2ccccc2o1)NCc1ccc(Cl)cc1. The number of hydrogen-bond donors (Lipinski definition) is 2. The van der Waals surface area contributed by atoms with Crippen molar-refractivity contribution >= 4 is 28.6 Å². The van der Waals surface area contributed by atoms with Crippen LogP contribution in [0.5, 0.6) is 0 Å². The average molecular weight is 329 g/mol. The molecule has 4 nitrogen and oxygen atoms in total. The van der Waals surface area contributed by atoms with Crippen molar-refractivity contribution in [2.24, 2.45) is 0 Å². The van der Waals surface area contributed by atoms with Crippen molar-refractivity contribution in [2.75, 3.05) is 6.54 Å². The highest BCUT2D eigenvalue weighted by atomic mass is 35.5. The van der Waals surface area contributed by atoms with Gasteiger partial charge in [0.15, 0.2) is 0 Å². The number of carbonyl (C=O) groups excluding carboxylic acids is 1. The van der Waals surface area contributed by atoms with Gasteiger partial charge < -0.3 is 15.1 Å². The van der Waals surface area contributed by atoms with Crippen molar-refractivity contribution in [1.29, 1.82) is 0 Å². The van der Waals surface area contributed by atoms with Crippen molar-refractivity contribution in [2.45, 2.75) is 13.0 Å². The Morgan fingerprint density at radius 2 is 1.83 bits per heavy atom. The molecule has 23 heavy (non-hydrogen) atoms. The maximum atomic E-state index is 11.8. The van der Waals surface area contributed by atoms with Gasteiger partial charge in [0.2, 0.25) is 0 Å². The second-order valence-electron chi connectivity index (χ2n) is 5.24. The van der Waals surface area contributed by atoms with E-state index < -0.39 is 0 Å². The molecule has 0 atom stereocenters. The van der Waals surface area contributed by atoms with E-state index in [9.17, 15) is 4.79 Å². The van der Waals surface area contributed by atoms with E-state index in [-0.39, 0.29) is 6.03 Å². The van der Waals surface area contributed by atoms with Crippen LogP contribution in [0.25, 0.3) is 11.0 Å². The lowest BCUT2D eigenvalue weighted by molar-refractivity contribution is 0.240. The summed E-state index contributed by atoms with van der Waals surface area (Å²) >= 11 is 5.82. The second-order valence-corrected chi connectivity index (χ2v) is 5.67. The molecule has 0 aliphatic carbocycles. The summed E-state index contributed by atoms with van der Waals surface area (Å²) < 4.78 is 5.71.